The summed E-state index contributed by atoms with van der Waals surface area (Å²) in [4.78, 5) is 44.5. The molecule has 1 aromatic carbocycles. The fraction of sp³-hybridized carbons (Fsp3) is 0.391. The lowest BCUT2D eigenvalue weighted by Gasteiger charge is -2.23. The summed E-state index contributed by atoms with van der Waals surface area (Å²) < 4.78 is 40.9. The summed E-state index contributed by atoms with van der Waals surface area (Å²) in [6.45, 7) is -0.224. The highest BCUT2D eigenvalue weighted by Crippen LogP contribution is 2.28. The Morgan fingerprint density at radius 2 is 1.79 bits per heavy atom. The summed E-state index contributed by atoms with van der Waals surface area (Å²) in [5, 5.41) is 3.02. The number of imide groups is 1. The van der Waals surface area contributed by atoms with Crippen LogP contribution in [0.5, 0.6) is 5.75 Å². The smallest absolute Gasteiger partial charge is 0.406 e. The van der Waals surface area contributed by atoms with E-state index in [1.54, 1.807) is 6.07 Å². The second-order valence-electron chi connectivity index (χ2n) is 8.25. The number of halogens is 3. The minimum absolute atomic E-state index is 0.00623. The average Bonchev–Trinajstić information content (AvgIpc) is 3.07. The van der Waals surface area contributed by atoms with Crippen LogP contribution in [0.15, 0.2) is 42.7 Å². The molecule has 2 aromatic rings. The van der Waals surface area contributed by atoms with E-state index in [1.807, 2.05) is 0 Å². The standard InChI is InChI=1S/C23H23F3N4O4/c24-23(25,26)34-18-8-6-17(7-9-18)30-20(31)14-29(22(30)33)13-15-10-11-27-12-19(15)21(32)28-16-4-2-1-3-5-16/h6-12,16H,1-5,13-14H2,(H,28,32). The van der Waals surface area contributed by atoms with Crippen molar-refractivity contribution in [2.45, 2.75) is 51.1 Å². The maximum absolute atomic E-state index is 12.9. The van der Waals surface area contributed by atoms with Crippen molar-refractivity contribution in [1.29, 1.82) is 0 Å². The molecule has 2 heterocycles. The molecule has 1 saturated carbocycles. The molecule has 11 heteroatoms. The van der Waals surface area contributed by atoms with Crippen molar-refractivity contribution in [2.75, 3.05) is 11.4 Å². The van der Waals surface area contributed by atoms with E-state index in [0.717, 1.165) is 49.1 Å². The number of nitrogens with zero attached hydrogens (tertiary/aromatic N) is 3. The van der Waals surface area contributed by atoms with E-state index in [-0.39, 0.29) is 30.7 Å². The molecule has 0 atom stereocenters. The van der Waals surface area contributed by atoms with Gasteiger partial charge in [-0.15, -0.1) is 13.2 Å². The van der Waals surface area contributed by atoms with Crippen molar-refractivity contribution in [1.82, 2.24) is 15.2 Å². The molecule has 0 bridgehead atoms. The molecule has 1 saturated heterocycles. The number of amides is 4. The monoisotopic (exact) mass is 476 g/mol. The molecule has 34 heavy (non-hydrogen) atoms. The number of urea groups is 1. The van der Waals surface area contributed by atoms with Crippen molar-refractivity contribution < 1.29 is 32.3 Å². The lowest BCUT2D eigenvalue weighted by atomic mass is 9.95. The van der Waals surface area contributed by atoms with E-state index >= 15 is 0 Å². The lowest BCUT2D eigenvalue weighted by molar-refractivity contribution is -0.274. The predicted molar refractivity (Wildman–Crippen MR) is 115 cm³/mol. The number of rotatable bonds is 6. The van der Waals surface area contributed by atoms with Crippen LogP contribution in [0.2, 0.25) is 0 Å². The summed E-state index contributed by atoms with van der Waals surface area (Å²) in [6.07, 6.45) is 3.22. The summed E-state index contributed by atoms with van der Waals surface area (Å²) in [7, 11) is 0. The molecule has 1 aliphatic heterocycles. The number of anilines is 1. The second kappa shape index (κ2) is 9.70. The summed E-state index contributed by atoms with van der Waals surface area (Å²) in [5.74, 6) is -1.26. The van der Waals surface area contributed by atoms with Gasteiger partial charge in [0.25, 0.3) is 11.8 Å². The molecule has 1 aromatic heterocycles. The Bertz CT molecular complexity index is 1070. The Morgan fingerprint density at radius 1 is 1.09 bits per heavy atom. The van der Waals surface area contributed by atoms with Gasteiger partial charge >= 0.3 is 12.4 Å². The Kier molecular flexibility index (Phi) is 6.71. The number of carbonyl (C=O) groups is 3. The van der Waals surface area contributed by atoms with Crippen LogP contribution in [0.3, 0.4) is 0 Å². The first-order valence-corrected chi connectivity index (χ1v) is 10.9. The van der Waals surface area contributed by atoms with E-state index in [1.165, 1.54) is 29.4 Å². The molecule has 2 aliphatic rings. The van der Waals surface area contributed by atoms with Crippen LogP contribution in [0.25, 0.3) is 0 Å². The van der Waals surface area contributed by atoms with Gasteiger partial charge in [0.15, 0.2) is 0 Å². The summed E-state index contributed by atoms with van der Waals surface area (Å²) in [6, 6.07) is 5.56. The largest absolute Gasteiger partial charge is 0.573 e. The van der Waals surface area contributed by atoms with Crippen LogP contribution in [0.1, 0.15) is 48.0 Å². The van der Waals surface area contributed by atoms with E-state index < -0.39 is 24.1 Å². The van der Waals surface area contributed by atoms with E-state index in [9.17, 15) is 27.6 Å². The predicted octanol–water partition coefficient (Wildman–Crippen LogP) is 4.01. The number of carbonyl (C=O) groups excluding carboxylic acids is 3. The maximum Gasteiger partial charge on any atom is 0.573 e. The molecule has 1 aliphatic carbocycles. The third kappa shape index (κ3) is 5.46. The van der Waals surface area contributed by atoms with Crippen molar-refractivity contribution in [3.05, 3.63) is 53.9 Å². The maximum atomic E-state index is 12.9. The van der Waals surface area contributed by atoms with Gasteiger partial charge in [-0.2, -0.15) is 0 Å². The number of nitrogens with one attached hydrogen (secondary N) is 1. The highest BCUT2D eigenvalue weighted by atomic mass is 19.4. The Balaban J connectivity index is 1.46. The molecule has 2 fully saturated rings. The number of benzene rings is 1. The molecule has 4 amide bonds. The van der Waals surface area contributed by atoms with Crippen LogP contribution in [-0.4, -0.2) is 46.7 Å². The van der Waals surface area contributed by atoms with E-state index in [2.05, 4.69) is 15.0 Å². The Labute approximate surface area is 193 Å². The molecular weight excluding hydrogens is 453 g/mol. The van der Waals surface area contributed by atoms with Gasteiger partial charge in [-0.05, 0) is 48.7 Å². The van der Waals surface area contributed by atoms with Gasteiger partial charge in [-0.1, -0.05) is 19.3 Å². The number of alkyl halides is 3. The van der Waals surface area contributed by atoms with Gasteiger partial charge in [0.2, 0.25) is 0 Å². The molecule has 1 N–H and O–H groups in total. The molecule has 0 radical (unpaired) electrons. The molecule has 8 nitrogen and oxygen atoms in total. The number of hydrogen-bond donors (Lipinski definition) is 1. The van der Waals surface area contributed by atoms with Gasteiger partial charge in [0.1, 0.15) is 12.3 Å². The third-order valence-corrected chi connectivity index (χ3v) is 5.82. The quantitative estimate of drug-likeness (QED) is 0.636. The first kappa shape index (κ1) is 23.5. The number of hydrogen-bond acceptors (Lipinski definition) is 5. The van der Waals surface area contributed by atoms with E-state index in [0.29, 0.717) is 11.1 Å². The van der Waals surface area contributed by atoms with Gasteiger partial charge in [-0.3, -0.25) is 14.6 Å². The third-order valence-electron chi connectivity index (χ3n) is 5.82. The fourth-order valence-corrected chi connectivity index (χ4v) is 4.21. The van der Waals surface area contributed by atoms with Gasteiger partial charge in [0, 0.05) is 25.0 Å². The molecular formula is C23H23F3N4O4. The number of ether oxygens (including phenoxy) is 1. The fourth-order valence-electron chi connectivity index (χ4n) is 4.21. The molecule has 180 valence electrons. The van der Waals surface area contributed by atoms with Gasteiger partial charge in [0.05, 0.1) is 11.3 Å². The first-order chi connectivity index (χ1) is 16.2. The minimum atomic E-state index is -4.84. The number of pyridine rings is 1. The second-order valence-corrected chi connectivity index (χ2v) is 8.25. The van der Waals surface area contributed by atoms with Gasteiger partial charge < -0.3 is 15.0 Å². The van der Waals surface area contributed by atoms with Crippen molar-refractivity contribution in [3.63, 3.8) is 0 Å². The molecule has 0 spiro atoms. The lowest BCUT2D eigenvalue weighted by Crippen LogP contribution is -2.37. The topological polar surface area (TPSA) is 91.8 Å². The zero-order chi connectivity index (χ0) is 24.3. The van der Waals surface area contributed by atoms with Crippen molar-refractivity contribution in [3.8, 4) is 5.75 Å². The van der Waals surface area contributed by atoms with Crippen LogP contribution in [0.4, 0.5) is 23.7 Å². The zero-order valence-electron chi connectivity index (χ0n) is 18.2. The summed E-state index contributed by atoms with van der Waals surface area (Å²) in [5.41, 5.74) is 0.998. The van der Waals surface area contributed by atoms with Crippen LogP contribution in [0, 0.1) is 0 Å². The SMILES string of the molecule is O=C(NC1CCCCC1)c1cnccc1CN1CC(=O)N(c2ccc(OC(F)(F)F)cc2)C1=O. The Hall–Kier alpha value is -3.63. The zero-order valence-corrected chi connectivity index (χ0v) is 18.2. The molecule has 0 unspecified atom stereocenters. The normalized spacial score (nSPS) is 17.3. The van der Waals surface area contributed by atoms with Crippen LogP contribution >= 0.6 is 0 Å². The Morgan fingerprint density at radius 3 is 2.47 bits per heavy atom. The minimum Gasteiger partial charge on any atom is -0.406 e. The van der Waals surface area contributed by atoms with Crippen molar-refractivity contribution >= 4 is 23.5 Å². The van der Waals surface area contributed by atoms with Crippen LogP contribution in [-0.2, 0) is 11.3 Å². The number of aromatic nitrogens is 1. The van der Waals surface area contributed by atoms with Crippen LogP contribution < -0.4 is 15.0 Å². The average molecular weight is 476 g/mol. The van der Waals surface area contributed by atoms with Gasteiger partial charge in [-0.25, -0.2) is 9.69 Å². The van der Waals surface area contributed by atoms with E-state index in [4.69, 9.17) is 0 Å². The summed E-state index contributed by atoms with van der Waals surface area (Å²) >= 11 is 0. The van der Waals surface area contributed by atoms with Crippen molar-refractivity contribution in [2.24, 2.45) is 0 Å². The highest BCUT2D eigenvalue weighted by molar-refractivity contribution is 6.19. The molecule has 4 rings (SSSR count). The first-order valence-electron chi connectivity index (χ1n) is 10.9. The highest BCUT2D eigenvalue weighted by Gasteiger charge is 2.38.